The van der Waals surface area contributed by atoms with Gasteiger partial charge in [-0.05, 0) is 32.1 Å². The molecule has 0 heterocycles. The standard InChI is InChI=1S/C24H46NO6P/c1-3-5-7-9-11-12-14-15-17-19-23(26)22(21-31-32(28,29)30)25-24(27)20-18-16-13-10-8-6-4-2/h4,17,19,22-23,26H,2-3,5-16,18,20-21H2,1H3,(H,25,27)(H2,28,29,30)/b19-17-/t22-,23+/m0/s1. The number of hydrogen-bond donors (Lipinski definition) is 4. The lowest BCUT2D eigenvalue weighted by atomic mass is 10.1. The van der Waals surface area contributed by atoms with Gasteiger partial charge in [-0.2, -0.15) is 0 Å². The van der Waals surface area contributed by atoms with Crippen LogP contribution in [0.3, 0.4) is 0 Å². The first kappa shape index (κ1) is 31.0. The lowest BCUT2D eigenvalue weighted by Crippen LogP contribution is -2.45. The lowest BCUT2D eigenvalue weighted by Gasteiger charge is -2.22. The van der Waals surface area contributed by atoms with Gasteiger partial charge < -0.3 is 20.2 Å². The number of carbonyl (C=O) groups excluding carboxylic acids is 1. The molecular weight excluding hydrogens is 429 g/mol. The highest BCUT2D eigenvalue weighted by atomic mass is 31.2. The largest absolute Gasteiger partial charge is 0.469 e. The molecule has 0 unspecified atom stereocenters. The number of phosphoric acid groups is 1. The zero-order chi connectivity index (χ0) is 24.1. The van der Waals surface area contributed by atoms with Crippen LogP contribution >= 0.6 is 7.82 Å². The highest BCUT2D eigenvalue weighted by Crippen LogP contribution is 2.35. The van der Waals surface area contributed by atoms with Gasteiger partial charge in [0.15, 0.2) is 0 Å². The fourth-order valence-corrected chi connectivity index (χ4v) is 3.73. The van der Waals surface area contributed by atoms with Crippen LogP contribution in [0.5, 0.6) is 0 Å². The van der Waals surface area contributed by atoms with Crippen molar-refractivity contribution in [3.63, 3.8) is 0 Å². The summed E-state index contributed by atoms with van der Waals surface area (Å²) in [5.74, 6) is -0.255. The first-order valence-corrected chi connectivity index (χ1v) is 13.8. The number of phosphoric ester groups is 1. The number of rotatable bonds is 22. The Hall–Kier alpha value is -0.980. The van der Waals surface area contributed by atoms with Crippen molar-refractivity contribution in [3.8, 4) is 0 Å². The predicted molar refractivity (Wildman–Crippen MR) is 130 cm³/mol. The molecular formula is C24H46NO6P. The third-order valence-corrected chi connectivity index (χ3v) is 5.79. The van der Waals surface area contributed by atoms with Gasteiger partial charge >= 0.3 is 7.82 Å². The van der Waals surface area contributed by atoms with Crippen LogP contribution in [0, 0.1) is 0 Å². The molecule has 0 aromatic heterocycles. The Kier molecular flexibility index (Phi) is 20.0. The maximum atomic E-state index is 12.2. The molecule has 0 aliphatic carbocycles. The monoisotopic (exact) mass is 475 g/mol. The first-order valence-electron chi connectivity index (χ1n) is 12.2. The van der Waals surface area contributed by atoms with Crippen LogP contribution in [0.4, 0.5) is 0 Å². The summed E-state index contributed by atoms with van der Waals surface area (Å²) < 4.78 is 15.6. The van der Waals surface area contributed by atoms with E-state index in [1.807, 2.05) is 12.2 Å². The molecule has 0 aromatic rings. The summed E-state index contributed by atoms with van der Waals surface area (Å²) in [6.45, 7) is 5.44. The SMILES string of the molecule is C=CCCCCCCCC(=O)N[C@@H](COP(=O)(O)O)[C@H](O)/C=C\CCCCCCCCC. The number of amides is 1. The zero-order valence-electron chi connectivity index (χ0n) is 19.9. The smallest absolute Gasteiger partial charge is 0.387 e. The average Bonchev–Trinajstić information content (AvgIpc) is 2.74. The van der Waals surface area contributed by atoms with E-state index in [1.54, 1.807) is 6.08 Å². The fourth-order valence-electron chi connectivity index (χ4n) is 3.38. The van der Waals surface area contributed by atoms with E-state index in [2.05, 4.69) is 23.3 Å². The van der Waals surface area contributed by atoms with Crippen LogP contribution in [0.2, 0.25) is 0 Å². The Morgan fingerprint density at radius 1 is 0.969 bits per heavy atom. The minimum absolute atomic E-state index is 0.255. The summed E-state index contributed by atoms with van der Waals surface area (Å²) >= 11 is 0. The van der Waals surface area contributed by atoms with E-state index in [-0.39, 0.29) is 5.91 Å². The summed E-state index contributed by atoms with van der Waals surface area (Å²) in [5, 5.41) is 13.1. The van der Waals surface area contributed by atoms with Gasteiger partial charge in [0.25, 0.3) is 0 Å². The third kappa shape index (κ3) is 20.9. The predicted octanol–water partition coefficient (Wildman–Crippen LogP) is 5.56. The van der Waals surface area contributed by atoms with Gasteiger partial charge in [0.1, 0.15) is 0 Å². The second kappa shape index (κ2) is 20.6. The van der Waals surface area contributed by atoms with Crippen LogP contribution in [-0.2, 0) is 13.9 Å². The highest BCUT2D eigenvalue weighted by molar-refractivity contribution is 7.46. The third-order valence-electron chi connectivity index (χ3n) is 5.30. The minimum atomic E-state index is -4.69. The maximum Gasteiger partial charge on any atom is 0.469 e. The lowest BCUT2D eigenvalue weighted by molar-refractivity contribution is -0.123. The van der Waals surface area contributed by atoms with Crippen molar-refractivity contribution in [3.05, 3.63) is 24.8 Å². The molecule has 188 valence electrons. The van der Waals surface area contributed by atoms with Crippen molar-refractivity contribution in [1.82, 2.24) is 5.32 Å². The summed E-state index contributed by atoms with van der Waals surface area (Å²) in [4.78, 5) is 30.2. The van der Waals surface area contributed by atoms with E-state index in [9.17, 15) is 14.5 Å². The molecule has 0 saturated carbocycles. The van der Waals surface area contributed by atoms with Gasteiger partial charge in [-0.25, -0.2) is 4.57 Å². The number of hydrogen-bond acceptors (Lipinski definition) is 4. The molecule has 32 heavy (non-hydrogen) atoms. The number of unbranched alkanes of at least 4 members (excludes halogenated alkanes) is 12. The van der Waals surface area contributed by atoms with Crippen molar-refractivity contribution < 1.29 is 28.8 Å². The molecule has 2 atom stereocenters. The van der Waals surface area contributed by atoms with Gasteiger partial charge in [0.05, 0.1) is 18.8 Å². The highest BCUT2D eigenvalue weighted by Gasteiger charge is 2.24. The van der Waals surface area contributed by atoms with Crippen molar-refractivity contribution in [2.75, 3.05) is 6.61 Å². The second-order valence-electron chi connectivity index (χ2n) is 8.38. The van der Waals surface area contributed by atoms with Crippen LogP contribution in [0.1, 0.15) is 103 Å². The van der Waals surface area contributed by atoms with Gasteiger partial charge in [-0.3, -0.25) is 9.32 Å². The quantitative estimate of drug-likeness (QED) is 0.0926. The summed E-state index contributed by atoms with van der Waals surface area (Å²) in [6.07, 6.45) is 19.7. The topological polar surface area (TPSA) is 116 Å². The summed E-state index contributed by atoms with van der Waals surface area (Å²) in [6, 6.07) is -0.909. The van der Waals surface area contributed by atoms with Gasteiger partial charge in [-0.1, -0.05) is 82.9 Å². The fraction of sp³-hybridized carbons (Fsp3) is 0.792. The van der Waals surface area contributed by atoms with Crippen LogP contribution in [0.25, 0.3) is 0 Å². The minimum Gasteiger partial charge on any atom is -0.387 e. The molecule has 0 rings (SSSR count). The molecule has 7 nitrogen and oxygen atoms in total. The molecule has 0 aliphatic heterocycles. The van der Waals surface area contributed by atoms with E-state index in [0.717, 1.165) is 57.8 Å². The van der Waals surface area contributed by atoms with Crippen molar-refractivity contribution in [2.24, 2.45) is 0 Å². The molecule has 0 aliphatic rings. The molecule has 0 radical (unpaired) electrons. The number of aliphatic hydroxyl groups excluding tert-OH is 1. The van der Waals surface area contributed by atoms with Crippen LogP contribution in [0.15, 0.2) is 24.8 Å². The maximum absolute atomic E-state index is 12.2. The average molecular weight is 476 g/mol. The molecule has 0 fully saturated rings. The number of aliphatic hydroxyl groups is 1. The van der Waals surface area contributed by atoms with Gasteiger partial charge in [0, 0.05) is 6.42 Å². The van der Waals surface area contributed by atoms with E-state index >= 15 is 0 Å². The molecule has 4 N–H and O–H groups in total. The summed E-state index contributed by atoms with van der Waals surface area (Å²) in [5.41, 5.74) is 0. The van der Waals surface area contributed by atoms with E-state index < -0.39 is 26.6 Å². The summed E-state index contributed by atoms with van der Waals surface area (Å²) in [7, 11) is -4.69. The Morgan fingerprint density at radius 2 is 1.53 bits per heavy atom. The molecule has 0 bridgehead atoms. The molecule has 0 saturated heterocycles. The molecule has 1 amide bonds. The Bertz CT molecular complexity index is 549. The van der Waals surface area contributed by atoms with E-state index in [1.165, 1.54) is 32.1 Å². The molecule has 0 spiro atoms. The molecule has 8 heteroatoms. The Labute approximate surface area is 195 Å². The second-order valence-corrected chi connectivity index (χ2v) is 9.62. The van der Waals surface area contributed by atoms with Crippen LogP contribution in [-0.4, -0.2) is 39.6 Å². The van der Waals surface area contributed by atoms with Crippen molar-refractivity contribution >= 4 is 13.7 Å². The first-order chi connectivity index (χ1) is 15.3. The Balaban J connectivity index is 4.33. The van der Waals surface area contributed by atoms with Crippen LogP contribution < -0.4 is 5.32 Å². The Morgan fingerprint density at radius 3 is 2.12 bits per heavy atom. The van der Waals surface area contributed by atoms with Crippen molar-refractivity contribution in [2.45, 2.75) is 115 Å². The number of nitrogens with one attached hydrogen (secondary N) is 1. The van der Waals surface area contributed by atoms with Gasteiger partial charge in [-0.15, -0.1) is 6.58 Å². The number of allylic oxidation sites excluding steroid dienone is 2. The van der Waals surface area contributed by atoms with Gasteiger partial charge in [0.2, 0.25) is 5.91 Å². The van der Waals surface area contributed by atoms with Crippen molar-refractivity contribution in [1.29, 1.82) is 0 Å². The molecule has 0 aromatic carbocycles. The van der Waals surface area contributed by atoms with E-state index in [4.69, 9.17) is 9.79 Å². The number of carbonyl (C=O) groups is 1. The van der Waals surface area contributed by atoms with E-state index in [0.29, 0.717) is 6.42 Å². The normalized spacial score (nSPS) is 13.9. The zero-order valence-corrected chi connectivity index (χ0v) is 20.8.